The number of ether oxygens (including phenoxy) is 3. The molecule has 0 saturated carbocycles. The van der Waals surface area contributed by atoms with Crippen molar-refractivity contribution in [2.75, 3.05) is 27.9 Å². The Morgan fingerprint density at radius 2 is 1.62 bits per heavy atom. The van der Waals surface area contributed by atoms with Crippen molar-refractivity contribution in [3.8, 4) is 17.2 Å². The van der Waals surface area contributed by atoms with Crippen molar-refractivity contribution >= 4 is 5.91 Å². The number of benzene rings is 3. The Morgan fingerprint density at radius 1 is 0.912 bits per heavy atom. The minimum atomic E-state index is -4.51. The number of hydrogen-bond acceptors (Lipinski definition) is 4. The molecule has 5 nitrogen and oxygen atoms in total. The van der Waals surface area contributed by atoms with Crippen LogP contribution in [0.1, 0.15) is 38.7 Å². The molecule has 1 aliphatic heterocycles. The minimum Gasteiger partial charge on any atom is -0.497 e. The van der Waals surface area contributed by atoms with Gasteiger partial charge >= 0.3 is 6.18 Å². The van der Waals surface area contributed by atoms with Gasteiger partial charge in [0.15, 0.2) is 11.5 Å². The highest BCUT2D eigenvalue weighted by atomic mass is 19.4. The summed E-state index contributed by atoms with van der Waals surface area (Å²) < 4.78 is 56.7. The van der Waals surface area contributed by atoms with Gasteiger partial charge in [0.05, 0.1) is 32.9 Å². The standard InChI is InChI=1S/C26H24F3NO4/c1-32-20-9-5-7-18(13-20)25(31)30-11-10-16-14-22(33-2)23(34-3)15-21(16)24(30)17-6-4-8-19(12-17)26(27,28)29/h4-9,12-15,24H,10-11H2,1-3H3/t24-/m0/s1. The van der Waals surface area contributed by atoms with Gasteiger partial charge in [-0.2, -0.15) is 13.2 Å². The average Bonchev–Trinajstić information content (AvgIpc) is 2.86. The summed E-state index contributed by atoms with van der Waals surface area (Å²) in [6.07, 6.45) is -3.99. The summed E-state index contributed by atoms with van der Waals surface area (Å²) in [6.45, 7) is 0.319. The first kappa shape index (κ1) is 23.5. The summed E-state index contributed by atoms with van der Waals surface area (Å²) in [5, 5.41) is 0. The first-order valence-corrected chi connectivity index (χ1v) is 10.6. The number of rotatable bonds is 5. The molecule has 1 heterocycles. The average molecular weight is 471 g/mol. The van der Waals surface area contributed by atoms with Gasteiger partial charge in [-0.05, 0) is 65.6 Å². The second kappa shape index (κ2) is 9.29. The SMILES string of the molecule is COc1cccc(C(=O)N2CCc3cc(OC)c(OC)cc3[C@@H]2c2cccc(C(F)(F)F)c2)c1. The van der Waals surface area contributed by atoms with Crippen LogP contribution in [0.4, 0.5) is 13.2 Å². The second-order valence-corrected chi connectivity index (χ2v) is 7.91. The Balaban J connectivity index is 1.88. The number of halogens is 3. The van der Waals surface area contributed by atoms with Crippen LogP contribution in [0.25, 0.3) is 0 Å². The van der Waals surface area contributed by atoms with E-state index < -0.39 is 17.8 Å². The van der Waals surface area contributed by atoms with Gasteiger partial charge in [-0.25, -0.2) is 0 Å². The number of hydrogen-bond donors (Lipinski definition) is 0. The van der Waals surface area contributed by atoms with E-state index in [0.29, 0.717) is 46.9 Å². The van der Waals surface area contributed by atoms with Crippen molar-refractivity contribution in [3.63, 3.8) is 0 Å². The van der Waals surface area contributed by atoms with Crippen molar-refractivity contribution in [1.29, 1.82) is 0 Å². The highest BCUT2D eigenvalue weighted by Gasteiger charge is 2.36. The zero-order chi connectivity index (χ0) is 24.5. The molecule has 178 valence electrons. The van der Waals surface area contributed by atoms with Crippen LogP contribution < -0.4 is 14.2 Å². The van der Waals surface area contributed by atoms with E-state index in [4.69, 9.17) is 14.2 Å². The molecule has 3 aromatic rings. The van der Waals surface area contributed by atoms with Crippen LogP contribution in [-0.2, 0) is 12.6 Å². The summed E-state index contributed by atoms with van der Waals surface area (Å²) in [5.74, 6) is 1.18. The van der Waals surface area contributed by atoms with Gasteiger partial charge in [0.25, 0.3) is 5.91 Å². The third-order valence-electron chi connectivity index (χ3n) is 5.98. The van der Waals surface area contributed by atoms with Crippen LogP contribution in [0.5, 0.6) is 17.2 Å². The summed E-state index contributed by atoms with van der Waals surface area (Å²) in [6, 6.07) is 14.6. The van der Waals surface area contributed by atoms with Gasteiger partial charge in [-0.15, -0.1) is 0 Å². The molecule has 3 aromatic carbocycles. The number of nitrogens with zero attached hydrogens (tertiary/aromatic N) is 1. The van der Waals surface area contributed by atoms with Crippen molar-refractivity contribution in [3.05, 3.63) is 88.5 Å². The van der Waals surface area contributed by atoms with Gasteiger partial charge in [0, 0.05) is 12.1 Å². The topological polar surface area (TPSA) is 48.0 Å². The highest BCUT2D eigenvalue weighted by molar-refractivity contribution is 5.95. The minimum absolute atomic E-state index is 0.304. The quantitative estimate of drug-likeness (QED) is 0.492. The number of methoxy groups -OCH3 is 3. The maximum Gasteiger partial charge on any atom is 0.416 e. The Labute approximate surface area is 195 Å². The van der Waals surface area contributed by atoms with Crippen molar-refractivity contribution in [1.82, 2.24) is 4.90 Å². The van der Waals surface area contributed by atoms with Gasteiger partial charge in [0.1, 0.15) is 5.75 Å². The third kappa shape index (κ3) is 4.40. The van der Waals surface area contributed by atoms with E-state index in [0.717, 1.165) is 17.7 Å². The Hall–Kier alpha value is -3.68. The summed E-state index contributed by atoms with van der Waals surface area (Å²) in [5.41, 5.74) is 1.56. The second-order valence-electron chi connectivity index (χ2n) is 7.91. The monoisotopic (exact) mass is 471 g/mol. The van der Waals surface area contributed by atoms with E-state index in [-0.39, 0.29) is 5.91 Å². The van der Waals surface area contributed by atoms with Crippen molar-refractivity contribution in [2.24, 2.45) is 0 Å². The van der Waals surface area contributed by atoms with Crippen LogP contribution in [0.3, 0.4) is 0 Å². The molecule has 1 amide bonds. The summed E-state index contributed by atoms with van der Waals surface area (Å²) in [7, 11) is 4.52. The van der Waals surface area contributed by atoms with Crippen molar-refractivity contribution < 1.29 is 32.2 Å². The zero-order valence-corrected chi connectivity index (χ0v) is 19.0. The number of amides is 1. The normalized spacial score (nSPS) is 15.5. The van der Waals surface area contributed by atoms with E-state index in [9.17, 15) is 18.0 Å². The fourth-order valence-corrected chi connectivity index (χ4v) is 4.33. The number of fused-ring (bicyclic) bond motifs is 1. The van der Waals surface area contributed by atoms with E-state index in [1.165, 1.54) is 27.4 Å². The maximum atomic E-state index is 13.6. The highest BCUT2D eigenvalue weighted by Crippen LogP contribution is 2.42. The van der Waals surface area contributed by atoms with Crippen LogP contribution in [0, 0.1) is 0 Å². The van der Waals surface area contributed by atoms with Gasteiger partial charge in [0.2, 0.25) is 0 Å². The first-order valence-electron chi connectivity index (χ1n) is 10.6. The van der Waals surface area contributed by atoms with Gasteiger partial charge in [-0.3, -0.25) is 4.79 Å². The fourth-order valence-electron chi connectivity index (χ4n) is 4.33. The van der Waals surface area contributed by atoms with Crippen LogP contribution in [0.15, 0.2) is 60.7 Å². The largest absolute Gasteiger partial charge is 0.497 e. The molecule has 0 unspecified atom stereocenters. The molecule has 0 aliphatic carbocycles. The maximum absolute atomic E-state index is 13.6. The van der Waals surface area contributed by atoms with Crippen LogP contribution in [0.2, 0.25) is 0 Å². The lowest BCUT2D eigenvalue weighted by Crippen LogP contribution is -2.40. The van der Waals surface area contributed by atoms with E-state index >= 15 is 0 Å². The zero-order valence-electron chi connectivity index (χ0n) is 19.0. The molecule has 1 atom stereocenters. The molecule has 8 heteroatoms. The van der Waals surface area contributed by atoms with Crippen LogP contribution in [-0.4, -0.2) is 38.7 Å². The molecule has 0 radical (unpaired) electrons. The Kier molecular flexibility index (Phi) is 6.41. The number of carbonyl (C=O) groups is 1. The molecule has 0 saturated heterocycles. The Bertz CT molecular complexity index is 1210. The van der Waals surface area contributed by atoms with E-state index in [2.05, 4.69) is 0 Å². The van der Waals surface area contributed by atoms with Crippen molar-refractivity contribution in [2.45, 2.75) is 18.6 Å². The molecule has 4 rings (SSSR count). The molecular weight excluding hydrogens is 447 g/mol. The van der Waals surface area contributed by atoms with Gasteiger partial charge in [-0.1, -0.05) is 18.2 Å². The molecule has 34 heavy (non-hydrogen) atoms. The Morgan fingerprint density at radius 3 is 2.29 bits per heavy atom. The van der Waals surface area contributed by atoms with Gasteiger partial charge < -0.3 is 19.1 Å². The molecule has 0 aromatic heterocycles. The molecule has 1 aliphatic rings. The molecular formula is C26H24F3NO4. The fraction of sp³-hybridized carbons (Fsp3) is 0.269. The molecule has 0 bridgehead atoms. The van der Waals surface area contributed by atoms with E-state index in [1.807, 2.05) is 6.07 Å². The lowest BCUT2D eigenvalue weighted by atomic mass is 9.86. The first-order chi connectivity index (χ1) is 16.3. The lowest BCUT2D eigenvalue weighted by molar-refractivity contribution is -0.137. The molecule has 0 spiro atoms. The summed E-state index contributed by atoms with van der Waals surface area (Å²) >= 11 is 0. The number of alkyl halides is 3. The lowest BCUT2D eigenvalue weighted by Gasteiger charge is -2.38. The predicted octanol–water partition coefficient (Wildman–Crippen LogP) is 5.52. The summed E-state index contributed by atoms with van der Waals surface area (Å²) in [4.78, 5) is 15.2. The smallest absolute Gasteiger partial charge is 0.416 e. The molecule has 0 fully saturated rings. The van der Waals surface area contributed by atoms with E-state index in [1.54, 1.807) is 41.3 Å². The van der Waals surface area contributed by atoms with Crippen LogP contribution >= 0.6 is 0 Å². The number of carbonyl (C=O) groups excluding carboxylic acids is 1. The third-order valence-corrected chi connectivity index (χ3v) is 5.98. The molecule has 0 N–H and O–H groups in total. The predicted molar refractivity (Wildman–Crippen MR) is 121 cm³/mol.